The van der Waals surface area contributed by atoms with Crippen molar-refractivity contribution in [3.8, 4) is 5.75 Å². The maximum Gasteiger partial charge on any atom is 0.411 e. The van der Waals surface area contributed by atoms with E-state index < -0.39 is 19.6 Å². The smallest absolute Gasteiger partial charge is 0.411 e. The molecule has 6 heteroatoms. The molecule has 0 radical (unpaired) electrons. The molecule has 0 spiro atoms. The third-order valence-electron chi connectivity index (χ3n) is 2.38. The van der Waals surface area contributed by atoms with Crippen LogP contribution in [-0.4, -0.2) is 26.1 Å². The van der Waals surface area contributed by atoms with Crippen molar-refractivity contribution in [1.29, 1.82) is 0 Å². The van der Waals surface area contributed by atoms with Crippen molar-refractivity contribution < 1.29 is 22.6 Å². The van der Waals surface area contributed by atoms with Crippen LogP contribution in [0.2, 0.25) is 0 Å². The van der Waals surface area contributed by atoms with Gasteiger partial charge in [-0.05, 0) is 30.2 Å². The molecule has 0 heterocycles. The summed E-state index contributed by atoms with van der Waals surface area (Å²) in [6.07, 6.45) is -4.32. The average molecular weight is 291 g/mol. The monoisotopic (exact) mass is 291 g/mol. The van der Waals surface area contributed by atoms with Gasteiger partial charge in [0.15, 0.2) is 6.79 Å². The highest BCUT2D eigenvalue weighted by atomic mass is 19.4. The Morgan fingerprint density at radius 1 is 1.15 bits per heavy atom. The number of benzene rings is 1. The van der Waals surface area contributed by atoms with Crippen LogP contribution in [0.3, 0.4) is 0 Å². The molecule has 20 heavy (non-hydrogen) atoms. The molecule has 0 aromatic heterocycles. The second-order valence-electron chi connectivity index (χ2n) is 4.89. The Labute approximate surface area is 117 Å². The average Bonchev–Trinajstić information content (AvgIpc) is 2.35. The lowest BCUT2D eigenvalue weighted by atomic mass is 10.2. The van der Waals surface area contributed by atoms with Gasteiger partial charge in [-0.2, -0.15) is 13.2 Å². The molecule has 0 aliphatic heterocycles. The summed E-state index contributed by atoms with van der Waals surface area (Å²) in [4.78, 5) is 0. The molecule has 1 rings (SSSR count). The van der Waals surface area contributed by atoms with Gasteiger partial charge in [-0.1, -0.05) is 26.0 Å². The van der Waals surface area contributed by atoms with Crippen molar-refractivity contribution in [3.63, 3.8) is 0 Å². The molecule has 0 unspecified atom stereocenters. The molecule has 3 nitrogen and oxygen atoms in total. The van der Waals surface area contributed by atoms with E-state index in [1.54, 1.807) is 12.1 Å². The molecule has 1 aromatic rings. The van der Waals surface area contributed by atoms with E-state index in [1.165, 1.54) is 0 Å². The SMILES string of the molecule is CC(C)CNCc1ccc(OCOCC(F)(F)F)cc1. The van der Waals surface area contributed by atoms with Crippen molar-refractivity contribution in [2.75, 3.05) is 19.9 Å². The Hall–Kier alpha value is -1.27. The molecule has 0 aliphatic rings. The van der Waals surface area contributed by atoms with Gasteiger partial charge in [0.05, 0.1) is 0 Å². The van der Waals surface area contributed by atoms with E-state index in [0.29, 0.717) is 11.7 Å². The summed E-state index contributed by atoms with van der Waals surface area (Å²) in [5.74, 6) is 1.07. The van der Waals surface area contributed by atoms with Gasteiger partial charge < -0.3 is 14.8 Å². The lowest BCUT2D eigenvalue weighted by Gasteiger charge is -2.10. The number of nitrogens with one attached hydrogen (secondary N) is 1. The van der Waals surface area contributed by atoms with Crippen molar-refractivity contribution in [2.45, 2.75) is 26.6 Å². The molecule has 114 valence electrons. The van der Waals surface area contributed by atoms with Gasteiger partial charge in [0.1, 0.15) is 12.4 Å². The number of halogens is 3. The minimum atomic E-state index is -4.32. The van der Waals surface area contributed by atoms with Gasteiger partial charge in [-0.25, -0.2) is 0 Å². The fourth-order valence-electron chi connectivity index (χ4n) is 1.48. The first-order valence-electron chi connectivity index (χ1n) is 6.44. The summed E-state index contributed by atoms with van der Waals surface area (Å²) in [6.45, 7) is 4.23. The first-order chi connectivity index (χ1) is 9.37. The number of hydrogen-bond acceptors (Lipinski definition) is 3. The molecule has 0 fully saturated rings. The molecular formula is C14H20F3NO2. The zero-order valence-electron chi connectivity index (χ0n) is 11.7. The zero-order valence-corrected chi connectivity index (χ0v) is 11.7. The van der Waals surface area contributed by atoms with Crippen molar-refractivity contribution in [3.05, 3.63) is 29.8 Å². The van der Waals surface area contributed by atoms with Gasteiger partial charge >= 0.3 is 6.18 Å². The van der Waals surface area contributed by atoms with E-state index in [2.05, 4.69) is 23.9 Å². The lowest BCUT2D eigenvalue weighted by Crippen LogP contribution is -2.19. The topological polar surface area (TPSA) is 30.5 Å². The van der Waals surface area contributed by atoms with Crippen molar-refractivity contribution in [2.24, 2.45) is 5.92 Å². The van der Waals surface area contributed by atoms with Crippen molar-refractivity contribution in [1.82, 2.24) is 5.32 Å². The number of hydrogen-bond donors (Lipinski definition) is 1. The first-order valence-corrected chi connectivity index (χ1v) is 6.44. The van der Waals surface area contributed by atoms with E-state index in [1.807, 2.05) is 12.1 Å². The van der Waals surface area contributed by atoms with Gasteiger partial charge in [-0.15, -0.1) is 0 Å². The molecule has 0 atom stereocenters. The minimum absolute atomic E-state index is 0.412. The molecule has 0 bridgehead atoms. The highest BCUT2D eigenvalue weighted by molar-refractivity contribution is 5.27. The summed E-state index contributed by atoms with van der Waals surface area (Å²) in [7, 11) is 0. The highest BCUT2D eigenvalue weighted by Crippen LogP contribution is 2.15. The molecule has 1 N–H and O–H groups in total. The quantitative estimate of drug-likeness (QED) is 0.588. The molecule has 0 amide bonds. The summed E-state index contributed by atoms with van der Waals surface area (Å²) in [6, 6.07) is 7.16. The van der Waals surface area contributed by atoms with Gasteiger partial charge in [0.25, 0.3) is 0 Å². The second-order valence-corrected chi connectivity index (χ2v) is 4.89. The number of alkyl halides is 3. The van der Waals surface area contributed by atoms with E-state index in [9.17, 15) is 13.2 Å². The van der Waals surface area contributed by atoms with Crippen LogP contribution >= 0.6 is 0 Å². The van der Waals surface area contributed by atoms with Crippen LogP contribution in [0, 0.1) is 5.92 Å². The Balaban J connectivity index is 2.25. The summed E-state index contributed by atoms with van der Waals surface area (Å²) < 4.78 is 44.9. The van der Waals surface area contributed by atoms with Gasteiger partial charge in [0.2, 0.25) is 0 Å². The summed E-state index contributed by atoms with van der Waals surface area (Å²) in [5, 5.41) is 3.30. The lowest BCUT2D eigenvalue weighted by molar-refractivity contribution is -0.186. The third kappa shape index (κ3) is 8.01. The van der Waals surface area contributed by atoms with Crippen LogP contribution in [0.4, 0.5) is 13.2 Å². The van der Waals surface area contributed by atoms with Gasteiger partial charge in [0, 0.05) is 6.54 Å². The van der Waals surface area contributed by atoms with Crippen molar-refractivity contribution >= 4 is 0 Å². The van der Waals surface area contributed by atoms with E-state index >= 15 is 0 Å². The normalized spacial score (nSPS) is 11.9. The van der Waals surface area contributed by atoms with Crippen LogP contribution in [0.5, 0.6) is 5.75 Å². The second kappa shape index (κ2) is 8.11. The van der Waals surface area contributed by atoms with E-state index in [4.69, 9.17) is 4.74 Å². The number of ether oxygens (including phenoxy) is 2. The van der Waals surface area contributed by atoms with Crippen LogP contribution in [0.15, 0.2) is 24.3 Å². The Morgan fingerprint density at radius 3 is 2.35 bits per heavy atom. The highest BCUT2D eigenvalue weighted by Gasteiger charge is 2.27. The minimum Gasteiger partial charge on any atom is -0.468 e. The van der Waals surface area contributed by atoms with Crippen LogP contribution < -0.4 is 10.1 Å². The fourth-order valence-corrected chi connectivity index (χ4v) is 1.48. The Bertz CT molecular complexity index is 377. The molecule has 0 aliphatic carbocycles. The maximum absolute atomic E-state index is 11.8. The Kier molecular flexibility index (Phi) is 6.81. The van der Waals surface area contributed by atoms with Gasteiger partial charge in [-0.3, -0.25) is 0 Å². The summed E-state index contributed by atoms with van der Waals surface area (Å²) >= 11 is 0. The van der Waals surface area contributed by atoms with Crippen LogP contribution in [0.25, 0.3) is 0 Å². The largest absolute Gasteiger partial charge is 0.468 e. The molecule has 1 aromatic carbocycles. The van der Waals surface area contributed by atoms with E-state index in [0.717, 1.165) is 18.7 Å². The Morgan fingerprint density at radius 2 is 1.80 bits per heavy atom. The molecule has 0 saturated carbocycles. The van der Waals surface area contributed by atoms with Crippen LogP contribution in [-0.2, 0) is 11.3 Å². The molecular weight excluding hydrogens is 271 g/mol. The predicted molar refractivity (Wildman–Crippen MR) is 70.5 cm³/mol. The maximum atomic E-state index is 11.8. The number of rotatable bonds is 8. The van der Waals surface area contributed by atoms with Crippen LogP contribution in [0.1, 0.15) is 19.4 Å². The molecule has 0 saturated heterocycles. The third-order valence-corrected chi connectivity index (χ3v) is 2.38. The summed E-state index contributed by atoms with van der Waals surface area (Å²) in [5.41, 5.74) is 1.09. The fraction of sp³-hybridized carbons (Fsp3) is 0.571. The van der Waals surface area contributed by atoms with E-state index in [-0.39, 0.29) is 0 Å². The standard InChI is InChI=1S/C14H20F3NO2/c1-11(2)7-18-8-12-3-5-13(6-4-12)20-10-19-9-14(15,16)17/h3-6,11,18H,7-10H2,1-2H3. The first kappa shape index (κ1) is 16.8. The predicted octanol–water partition coefficient (Wildman–Crippen LogP) is 3.35. The zero-order chi connectivity index (χ0) is 15.0.